The molecule has 0 aromatic carbocycles. The van der Waals surface area contributed by atoms with Gasteiger partial charge in [-0.1, -0.05) is 55.4 Å². The minimum Gasteiger partial charge on any atom is -0.414 e. The fourth-order valence-electron chi connectivity index (χ4n) is 5.66. The number of hydrogen-bond acceptors (Lipinski definition) is 9. The maximum Gasteiger partial charge on any atom is 0.335 e. The molecule has 4 heterocycles. The predicted molar refractivity (Wildman–Crippen MR) is 143 cm³/mol. The Bertz CT molecular complexity index is 1110. The van der Waals surface area contributed by atoms with Gasteiger partial charge in [-0.25, -0.2) is 15.0 Å². The van der Waals surface area contributed by atoms with Gasteiger partial charge in [0.25, 0.3) is 0 Å². The van der Waals surface area contributed by atoms with Gasteiger partial charge in [-0.05, 0) is 22.2 Å². The molecule has 1 amide bonds. The number of aliphatic hydroxyl groups is 1. The monoisotopic (exact) mass is 551 g/mol. The Kier molecular flexibility index (Phi) is 7.97. The molecule has 13 heteroatoms. The molecule has 37 heavy (non-hydrogen) atoms. The molecule has 206 valence electrons. The standard InChI is InChI=1S/C24H41N5O6Si2/c1-13(2)36(14(3)4)32-10-18-21(34-37(35-36,15(5)6)16(7)8)20(31)24(33-18)29-12-27-19-22(28-17(9)30)25-11-26-23(19)29/h11-16,18,20-21,24,31H,10H2,1-9H3,(H,25,26,28,30). The Labute approximate surface area is 220 Å². The van der Waals surface area contributed by atoms with Gasteiger partial charge in [-0.3, -0.25) is 9.36 Å². The summed E-state index contributed by atoms with van der Waals surface area (Å²) in [4.78, 5) is 24.5. The Hall–Kier alpha value is -1.75. The highest BCUT2D eigenvalue weighted by atomic mass is 28.5. The molecular weight excluding hydrogens is 510 g/mol. The summed E-state index contributed by atoms with van der Waals surface area (Å²) in [6, 6.07) is 0. The van der Waals surface area contributed by atoms with Gasteiger partial charge < -0.3 is 28.1 Å². The number of imidazole rings is 1. The minimum absolute atomic E-state index is 0.132. The van der Waals surface area contributed by atoms with E-state index in [4.69, 9.17) is 17.7 Å². The molecule has 2 aliphatic heterocycles. The van der Waals surface area contributed by atoms with Crippen LogP contribution in [0.2, 0.25) is 22.2 Å². The topological polar surface area (TPSA) is 130 Å². The van der Waals surface area contributed by atoms with Crippen molar-refractivity contribution >= 4 is 40.0 Å². The van der Waals surface area contributed by atoms with Gasteiger partial charge in [0.15, 0.2) is 23.2 Å². The fraction of sp³-hybridized carbons (Fsp3) is 0.750. The van der Waals surface area contributed by atoms with E-state index < -0.39 is 41.7 Å². The summed E-state index contributed by atoms with van der Waals surface area (Å²) in [5.41, 5.74) is 1.54. The third-order valence-electron chi connectivity index (χ3n) is 7.57. The summed E-state index contributed by atoms with van der Waals surface area (Å²) in [5.74, 6) is 0.0424. The molecule has 2 aromatic rings. The zero-order valence-corrected chi connectivity index (χ0v) is 25.3. The summed E-state index contributed by atoms with van der Waals surface area (Å²) < 4.78 is 29.1. The summed E-state index contributed by atoms with van der Waals surface area (Å²) in [6.07, 6.45) is -0.0444. The van der Waals surface area contributed by atoms with E-state index in [0.717, 1.165) is 0 Å². The van der Waals surface area contributed by atoms with Crippen molar-refractivity contribution in [2.45, 2.75) is 109 Å². The smallest absolute Gasteiger partial charge is 0.335 e. The lowest BCUT2D eigenvalue weighted by Gasteiger charge is -2.51. The van der Waals surface area contributed by atoms with Crippen molar-refractivity contribution in [1.29, 1.82) is 0 Å². The van der Waals surface area contributed by atoms with Gasteiger partial charge >= 0.3 is 17.1 Å². The van der Waals surface area contributed by atoms with Crippen LogP contribution in [0.1, 0.15) is 68.5 Å². The lowest BCUT2D eigenvalue weighted by Crippen LogP contribution is -2.65. The van der Waals surface area contributed by atoms with Crippen molar-refractivity contribution in [1.82, 2.24) is 19.5 Å². The largest absolute Gasteiger partial charge is 0.414 e. The molecule has 4 atom stereocenters. The van der Waals surface area contributed by atoms with Gasteiger partial charge in [0, 0.05) is 6.92 Å². The first kappa shape index (κ1) is 28.3. The number of amides is 1. The van der Waals surface area contributed by atoms with E-state index in [0.29, 0.717) is 17.0 Å². The number of nitrogens with zero attached hydrogens (tertiary/aromatic N) is 4. The molecule has 4 unspecified atom stereocenters. The number of hydrogen-bond donors (Lipinski definition) is 2. The molecule has 0 aliphatic carbocycles. The lowest BCUT2D eigenvalue weighted by molar-refractivity contribution is -0.114. The van der Waals surface area contributed by atoms with Crippen LogP contribution in [0.25, 0.3) is 11.2 Å². The van der Waals surface area contributed by atoms with E-state index >= 15 is 0 Å². The number of carbonyl (C=O) groups is 1. The highest BCUT2D eigenvalue weighted by molar-refractivity contribution is 6.84. The molecule has 2 N–H and O–H groups in total. The zero-order valence-electron chi connectivity index (χ0n) is 23.3. The molecular formula is C24H41N5O6Si2. The molecule has 2 aliphatic rings. The van der Waals surface area contributed by atoms with E-state index in [9.17, 15) is 9.90 Å². The number of anilines is 1. The minimum atomic E-state index is -2.91. The van der Waals surface area contributed by atoms with Gasteiger partial charge in [-0.2, -0.15) is 0 Å². The molecule has 0 bridgehead atoms. The van der Waals surface area contributed by atoms with Crippen LogP contribution in [0.4, 0.5) is 5.82 Å². The van der Waals surface area contributed by atoms with Crippen LogP contribution in [0.15, 0.2) is 12.7 Å². The number of aliphatic hydroxyl groups excluding tert-OH is 1. The second kappa shape index (κ2) is 10.4. The van der Waals surface area contributed by atoms with Crippen LogP contribution in [-0.2, 0) is 22.5 Å². The molecule has 0 spiro atoms. The molecule has 11 nitrogen and oxygen atoms in total. The normalized spacial score (nSPS) is 27.6. The van der Waals surface area contributed by atoms with Crippen LogP contribution in [-0.4, -0.2) is 72.6 Å². The summed E-state index contributed by atoms with van der Waals surface area (Å²) in [7, 11) is -5.63. The van der Waals surface area contributed by atoms with E-state index in [1.165, 1.54) is 13.3 Å². The number of fused-ring (bicyclic) bond motifs is 2. The average molecular weight is 552 g/mol. The third-order valence-corrected chi connectivity index (χ3v) is 17.8. The summed E-state index contributed by atoms with van der Waals surface area (Å²) in [5, 5.41) is 14.3. The Morgan fingerprint density at radius 2 is 1.65 bits per heavy atom. The highest BCUT2D eigenvalue weighted by Gasteiger charge is 2.61. The van der Waals surface area contributed by atoms with Crippen LogP contribution in [0, 0.1) is 0 Å². The van der Waals surface area contributed by atoms with Crippen molar-refractivity contribution in [3.8, 4) is 0 Å². The quantitative estimate of drug-likeness (QED) is 0.512. The van der Waals surface area contributed by atoms with Crippen molar-refractivity contribution in [3.63, 3.8) is 0 Å². The first-order chi connectivity index (χ1) is 17.3. The number of carbonyl (C=O) groups excluding carboxylic acids is 1. The van der Waals surface area contributed by atoms with Crippen molar-refractivity contribution < 1.29 is 27.6 Å². The Morgan fingerprint density at radius 1 is 1.03 bits per heavy atom. The number of aromatic nitrogens is 4. The first-order valence-corrected chi connectivity index (χ1v) is 17.1. The molecule has 0 radical (unpaired) electrons. The van der Waals surface area contributed by atoms with Gasteiger partial charge in [0.1, 0.15) is 24.6 Å². The second-order valence-electron chi connectivity index (χ2n) is 11.3. The zero-order chi connectivity index (χ0) is 27.3. The second-order valence-corrected chi connectivity index (χ2v) is 20.2. The average Bonchev–Trinajstić information content (AvgIpc) is 3.34. The fourth-order valence-corrected chi connectivity index (χ4v) is 16.9. The van der Waals surface area contributed by atoms with Crippen molar-refractivity contribution in [2.75, 3.05) is 11.9 Å². The Balaban J connectivity index is 1.76. The Morgan fingerprint density at radius 3 is 2.22 bits per heavy atom. The molecule has 2 saturated heterocycles. The summed E-state index contributed by atoms with van der Waals surface area (Å²) in [6.45, 7) is 18.9. The van der Waals surface area contributed by atoms with Gasteiger partial charge in [0.05, 0.1) is 12.9 Å². The number of ether oxygens (including phenoxy) is 1. The highest BCUT2D eigenvalue weighted by Crippen LogP contribution is 2.48. The molecule has 2 aromatic heterocycles. The van der Waals surface area contributed by atoms with Crippen molar-refractivity contribution in [2.24, 2.45) is 0 Å². The van der Waals surface area contributed by atoms with Crippen LogP contribution < -0.4 is 5.32 Å². The van der Waals surface area contributed by atoms with Crippen molar-refractivity contribution in [3.05, 3.63) is 12.7 Å². The maximum atomic E-state index is 11.6. The van der Waals surface area contributed by atoms with E-state index in [1.54, 1.807) is 10.9 Å². The first-order valence-electron chi connectivity index (χ1n) is 13.1. The number of nitrogens with one attached hydrogen (secondary N) is 1. The van der Waals surface area contributed by atoms with E-state index in [-0.39, 0.29) is 34.7 Å². The maximum absolute atomic E-state index is 11.6. The van der Waals surface area contributed by atoms with Gasteiger partial charge in [0.2, 0.25) is 5.91 Å². The molecule has 0 saturated carbocycles. The predicted octanol–water partition coefficient (Wildman–Crippen LogP) is 4.00. The third kappa shape index (κ3) is 4.79. The van der Waals surface area contributed by atoms with Crippen LogP contribution >= 0.6 is 0 Å². The van der Waals surface area contributed by atoms with Crippen LogP contribution in [0.5, 0.6) is 0 Å². The molecule has 4 rings (SSSR count). The van der Waals surface area contributed by atoms with E-state index in [2.05, 4.69) is 75.7 Å². The molecule has 2 fully saturated rings. The number of rotatable bonds is 6. The lowest BCUT2D eigenvalue weighted by atomic mass is 10.1. The van der Waals surface area contributed by atoms with E-state index in [1.807, 2.05) is 0 Å². The summed E-state index contributed by atoms with van der Waals surface area (Å²) >= 11 is 0. The SMILES string of the molecule is CC(=O)Nc1ncnc2c1ncn2C1OC2CO[Si](C(C)C)(C(C)C)O[Si](C(C)C)(C(C)C)OC2C1O. The van der Waals surface area contributed by atoms with Gasteiger partial charge in [-0.15, -0.1) is 0 Å². The van der Waals surface area contributed by atoms with Crippen LogP contribution in [0.3, 0.4) is 0 Å².